The fourth-order valence-corrected chi connectivity index (χ4v) is 5.31. The van der Waals surface area contributed by atoms with E-state index in [0.717, 1.165) is 31.6 Å². The number of carbonyl (C=O) groups is 1. The van der Waals surface area contributed by atoms with Crippen molar-refractivity contribution in [3.63, 3.8) is 0 Å². The highest BCUT2D eigenvalue weighted by Crippen LogP contribution is 2.32. The first-order valence-electron chi connectivity index (χ1n) is 11.2. The van der Waals surface area contributed by atoms with Crippen LogP contribution in [0.1, 0.15) is 39.2 Å². The van der Waals surface area contributed by atoms with Gasteiger partial charge >= 0.3 is 0 Å². The molecule has 1 aliphatic heterocycles. The van der Waals surface area contributed by atoms with Crippen molar-refractivity contribution in [2.75, 3.05) is 36.4 Å². The quantitative estimate of drug-likeness (QED) is 0.601. The van der Waals surface area contributed by atoms with Gasteiger partial charge < -0.3 is 15.0 Å². The van der Waals surface area contributed by atoms with E-state index < -0.39 is 22.0 Å². The van der Waals surface area contributed by atoms with Gasteiger partial charge in [0.25, 0.3) is 5.91 Å². The maximum atomic E-state index is 13.0. The molecule has 1 saturated heterocycles. The number of hydrogen-bond acceptors (Lipinski definition) is 6. The molecule has 0 spiro atoms. The minimum absolute atomic E-state index is 0.144. The summed E-state index contributed by atoms with van der Waals surface area (Å²) in [6.45, 7) is 7.65. The summed E-state index contributed by atoms with van der Waals surface area (Å²) in [7, 11) is -3.67. The van der Waals surface area contributed by atoms with Crippen LogP contribution in [0.2, 0.25) is 0 Å². The van der Waals surface area contributed by atoms with Crippen molar-refractivity contribution in [1.29, 1.82) is 5.26 Å². The van der Waals surface area contributed by atoms with E-state index in [1.807, 2.05) is 6.07 Å². The van der Waals surface area contributed by atoms with E-state index in [1.165, 1.54) is 10.4 Å². The van der Waals surface area contributed by atoms with Crippen LogP contribution < -0.4 is 15.0 Å². The molecular formula is C24H30N4O4S. The fraction of sp³-hybridized carbons (Fsp3) is 0.417. The predicted molar refractivity (Wildman–Crippen MR) is 128 cm³/mol. The van der Waals surface area contributed by atoms with Crippen LogP contribution in [0.4, 0.5) is 11.4 Å². The Hall–Kier alpha value is -3.09. The normalized spacial score (nSPS) is 14.7. The molecule has 0 bridgehead atoms. The van der Waals surface area contributed by atoms with Crippen molar-refractivity contribution in [2.45, 2.75) is 44.6 Å². The molecule has 8 nitrogen and oxygen atoms in total. The maximum Gasteiger partial charge on any atom is 0.265 e. The van der Waals surface area contributed by atoms with Gasteiger partial charge in [0.2, 0.25) is 10.0 Å². The predicted octanol–water partition coefficient (Wildman–Crippen LogP) is 3.59. The highest BCUT2D eigenvalue weighted by atomic mass is 32.2. The van der Waals surface area contributed by atoms with Crippen LogP contribution in [0, 0.1) is 11.3 Å². The molecule has 0 saturated carbocycles. The number of nitrogens with one attached hydrogen (secondary N) is 1. The Morgan fingerprint density at radius 1 is 1.15 bits per heavy atom. The van der Waals surface area contributed by atoms with E-state index in [9.17, 15) is 13.2 Å². The second kappa shape index (κ2) is 10.7. The number of carbonyl (C=O) groups excluding carboxylic acids is 1. The molecule has 1 heterocycles. The Labute approximate surface area is 195 Å². The van der Waals surface area contributed by atoms with Crippen LogP contribution >= 0.6 is 0 Å². The van der Waals surface area contributed by atoms with Gasteiger partial charge in [0, 0.05) is 26.2 Å². The maximum absolute atomic E-state index is 13.0. The monoisotopic (exact) mass is 470 g/mol. The van der Waals surface area contributed by atoms with Gasteiger partial charge in [-0.25, -0.2) is 8.42 Å². The summed E-state index contributed by atoms with van der Waals surface area (Å²) < 4.78 is 33.2. The van der Waals surface area contributed by atoms with Gasteiger partial charge in [0.05, 0.1) is 27.9 Å². The first-order valence-corrected chi connectivity index (χ1v) is 12.6. The molecule has 176 valence electrons. The van der Waals surface area contributed by atoms with Crippen molar-refractivity contribution in [1.82, 2.24) is 4.31 Å². The molecule has 1 aliphatic rings. The van der Waals surface area contributed by atoms with Crippen molar-refractivity contribution in [3.05, 3.63) is 48.0 Å². The molecule has 1 unspecified atom stereocenters. The van der Waals surface area contributed by atoms with E-state index in [0.29, 0.717) is 30.1 Å². The zero-order valence-electron chi connectivity index (χ0n) is 19.2. The summed E-state index contributed by atoms with van der Waals surface area (Å²) in [4.78, 5) is 15.2. The molecule has 3 rings (SSSR count). The third-order valence-electron chi connectivity index (χ3n) is 5.68. The summed E-state index contributed by atoms with van der Waals surface area (Å²) in [5.74, 6) is 0.0754. The zero-order chi connectivity index (χ0) is 24.0. The van der Waals surface area contributed by atoms with Crippen LogP contribution in [-0.4, -0.2) is 50.9 Å². The number of nitriles is 1. The Balaban J connectivity index is 1.86. The van der Waals surface area contributed by atoms with Crippen molar-refractivity contribution in [3.8, 4) is 11.8 Å². The minimum Gasteiger partial charge on any atom is -0.481 e. The molecule has 1 atom stereocenters. The number of anilines is 2. The van der Waals surface area contributed by atoms with Crippen LogP contribution in [0.3, 0.4) is 0 Å². The number of sulfonamides is 1. The Morgan fingerprint density at radius 2 is 1.79 bits per heavy atom. The van der Waals surface area contributed by atoms with E-state index in [4.69, 9.17) is 10.00 Å². The van der Waals surface area contributed by atoms with E-state index in [1.54, 1.807) is 57.2 Å². The number of hydrogen-bond donors (Lipinski definition) is 1. The standard InChI is InChI=1S/C24H30N4O4S/c1-4-28(5-2)33(30,31)21-12-13-23(27-14-6-7-15-27)22(16-21)26-24(29)18(3)32-20-10-8-19(17-25)9-11-20/h8-13,16,18H,4-7,14-15H2,1-3H3,(H,26,29). The summed E-state index contributed by atoms with van der Waals surface area (Å²) in [5.41, 5.74) is 1.75. The Kier molecular flexibility index (Phi) is 7.95. The van der Waals surface area contributed by atoms with Gasteiger partial charge in [-0.1, -0.05) is 13.8 Å². The summed E-state index contributed by atoms with van der Waals surface area (Å²) in [5, 5.41) is 11.8. The summed E-state index contributed by atoms with van der Waals surface area (Å²) in [6.07, 6.45) is 1.27. The van der Waals surface area contributed by atoms with E-state index in [2.05, 4.69) is 10.2 Å². The first-order chi connectivity index (χ1) is 15.8. The number of nitrogens with zero attached hydrogens (tertiary/aromatic N) is 3. The third kappa shape index (κ3) is 5.64. The summed E-state index contributed by atoms with van der Waals surface area (Å²) >= 11 is 0. The smallest absolute Gasteiger partial charge is 0.265 e. The molecule has 0 aliphatic carbocycles. The molecule has 1 amide bonds. The third-order valence-corrected chi connectivity index (χ3v) is 7.73. The van der Waals surface area contributed by atoms with Gasteiger partial charge in [-0.05, 0) is 62.2 Å². The lowest BCUT2D eigenvalue weighted by Gasteiger charge is -2.25. The highest BCUT2D eigenvalue weighted by Gasteiger charge is 2.26. The van der Waals surface area contributed by atoms with Crippen LogP contribution in [0.5, 0.6) is 5.75 Å². The lowest BCUT2D eigenvalue weighted by Crippen LogP contribution is -2.32. The van der Waals surface area contributed by atoms with Crippen molar-refractivity contribution >= 4 is 27.3 Å². The van der Waals surface area contributed by atoms with Gasteiger partial charge in [0.15, 0.2) is 6.10 Å². The van der Waals surface area contributed by atoms with Crippen LogP contribution in [0.25, 0.3) is 0 Å². The Bertz CT molecular complexity index is 1120. The molecule has 2 aromatic carbocycles. The molecule has 9 heteroatoms. The number of ether oxygens (including phenoxy) is 1. The second-order valence-corrected chi connectivity index (χ2v) is 9.79. The van der Waals surface area contributed by atoms with E-state index >= 15 is 0 Å². The largest absolute Gasteiger partial charge is 0.481 e. The van der Waals surface area contributed by atoms with Crippen LogP contribution in [0.15, 0.2) is 47.4 Å². The molecular weight excluding hydrogens is 440 g/mol. The molecule has 33 heavy (non-hydrogen) atoms. The molecule has 0 aromatic heterocycles. The topological polar surface area (TPSA) is 103 Å². The number of amides is 1. The summed E-state index contributed by atoms with van der Waals surface area (Å²) in [6, 6.07) is 13.4. The second-order valence-electron chi connectivity index (χ2n) is 7.85. The first kappa shape index (κ1) is 24.6. The fourth-order valence-electron chi connectivity index (χ4n) is 3.82. The van der Waals surface area contributed by atoms with Gasteiger partial charge in [-0.3, -0.25) is 4.79 Å². The van der Waals surface area contributed by atoms with Gasteiger partial charge in [-0.15, -0.1) is 0 Å². The average Bonchev–Trinajstić information content (AvgIpc) is 3.35. The van der Waals surface area contributed by atoms with E-state index in [-0.39, 0.29) is 4.90 Å². The molecule has 1 N–H and O–H groups in total. The van der Waals surface area contributed by atoms with Crippen LogP contribution in [-0.2, 0) is 14.8 Å². The molecule has 1 fully saturated rings. The minimum atomic E-state index is -3.67. The lowest BCUT2D eigenvalue weighted by atomic mass is 10.2. The Morgan fingerprint density at radius 3 is 2.36 bits per heavy atom. The lowest BCUT2D eigenvalue weighted by molar-refractivity contribution is -0.122. The number of rotatable bonds is 9. The average molecular weight is 471 g/mol. The van der Waals surface area contributed by atoms with Crippen molar-refractivity contribution in [2.24, 2.45) is 0 Å². The highest BCUT2D eigenvalue weighted by molar-refractivity contribution is 7.89. The molecule has 0 radical (unpaired) electrons. The number of benzene rings is 2. The van der Waals surface area contributed by atoms with Gasteiger partial charge in [-0.2, -0.15) is 9.57 Å². The SMILES string of the molecule is CCN(CC)S(=O)(=O)c1ccc(N2CCCC2)c(NC(=O)C(C)Oc2ccc(C#N)cc2)c1. The van der Waals surface area contributed by atoms with Crippen molar-refractivity contribution < 1.29 is 17.9 Å². The molecule has 2 aromatic rings. The van der Waals surface area contributed by atoms with Gasteiger partial charge in [0.1, 0.15) is 5.75 Å². The zero-order valence-corrected chi connectivity index (χ0v) is 20.1.